The number of rotatable bonds is 3. The molecule has 0 amide bonds. The van der Waals surface area contributed by atoms with Crippen molar-refractivity contribution >= 4 is 0 Å². The largest absolute Gasteiger partial charge is 0.379 e. The number of likely N-dealkylation sites (N-methyl/N-ethyl adjacent to an activating group) is 1. The summed E-state index contributed by atoms with van der Waals surface area (Å²) in [7, 11) is 1.95. The second-order valence-electron chi connectivity index (χ2n) is 6.00. The zero-order valence-corrected chi connectivity index (χ0v) is 11.8. The summed E-state index contributed by atoms with van der Waals surface area (Å²) >= 11 is 0. The quantitative estimate of drug-likeness (QED) is 0.906. The van der Waals surface area contributed by atoms with Crippen LogP contribution in [0.1, 0.15) is 56.2 Å². The maximum Gasteiger partial charge on any atom is 0.233 e. The Morgan fingerprint density at radius 1 is 1.26 bits per heavy atom. The minimum atomic E-state index is 0.201. The van der Waals surface area contributed by atoms with E-state index in [-0.39, 0.29) is 5.92 Å². The van der Waals surface area contributed by atoms with Crippen LogP contribution in [0.5, 0.6) is 0 Å². The molecule has 5 heteroatoms. The second kappa shape index (κ2) is 5.59. The first-order valence-electron chi connectivity index (χ1n) is 7.36. The number of nitrogens with zero attached hydrogens (tertiary/aromatic N) is 2. The van der Waals surface area contributed by atoms with Crippen molar-refractivity contribution in [2.45, 2.75) is 50.5 Å². The standard InChI is InChI=1S/C14H23N3O2/c1-9-4-3-5-10(6-9)13-16-14(19-17-13)11-7-18-8-12(11)15-2/h9-12,15H,3-8H2,1-2H3. The lowest BCUT2D eigenvalue weighted by molar-refractivity contribution is 0.185. The molecule has 0 spiro atoms. The SMILES string of the molecule is CNC1COCC1c1nc(C2CCCC(C)C2)no1. The number of hydrogen-bond donors (Lipinski definition) is 1. The predicted octanol–water partition coefficient (Wildman–Crippen LogP) is 2.07. The molecule has 1 saturated carbocycles. The van der Waals surface area contributed by atoms with Gasteiger partial charge in [0, 0.05) is 12.0 Å². The third kappa shape index (κ3) is 2.67. The average molecular weight is 265 g/mol. The molecule has 2 fully saturated rings. The topological polar surface area (TPSA) is 60.2 Å². The summed E-state index contributed by atoms with van der Waals surface area (Å²) in [6, 6.07) is 0.290. The molecule has 106 valence electrons. The van der Waals surface area contributed by atoms with Crippen molar-refractivity contribution in [3.8, 4) is 0 Å². The summed E-state index contributed by atoms with van der Waals surface area (Å²) in [4.78, 5) is 4.65. The maximum absolute atomic E-state index is 5.50. The summed E-state index contributed by atoms with van der Waals surface area (Å²) in [6.07, 6.45) is 5.00. The third-order valence-electron chi connectivity index (χ3n) is 4.53. The third-order valence-corrected chi connectivity index (χ3v) is 4.53. The van der Waals surface area contributed by atoms with Gasteiger partial charge in [0.25, 0.3) is 0 Å². The average Bonchev–Trinajstić information content (AvgIpc) is 3.07. The van der Waals surface area contributed by atoms with Crippen molar-refractivity contribution < 1.29 is 9.26 Å². The highest BCUT2D eigenvalue weighted by molar-refractivity contribution is 5.05. The Morgan fingerprint density at radius 3 is 2.95 bits per heavy atom. The second-order valence-corrected chi connectivity index (χ2v) is 6.00. The Labute approximate surface area is 114 Å². The molecule has 2 aliphatic rings. The van der Waals surface area contributed by atoms with E-state index in [0.29, 0.717) is 18.6 Å². The fourth-order valence-electron chi connectivity index (χ4n) is 3.31. The van der Waals surface area contributed by atoms with Gasteiger partial charge in [-0.15, -0.1) is 0 Å². The van der Waals surface area contributed by atoms with Gasteiger partial charge in [0.15, 0.2) is 5.82 Å². The van der Waals surface area contributed by atoms with Crippen molar-refractivity contribution in [1.29, 1.82) is 0 Å². The Morgan fingerprint density at radius 2 is 2.16 bits per heavy atom. The van der Waals surface area contributed by atoms with E-state index in [2.05, 4.69) is 22.4 Å². The fraction of sp³-hybridized carbons (Fsp3) is 0.857. The molecule has 19 heavy (non-hydrogen) atoms. The van der Waals surface area contributed by atoms with Gasteiger partial charge in [-0.3, -0.25) is 0 Å². The highest BCUT2D eigenvalue weighted by Gasteiger charge is 2.34. The molecular weight excluding hydrogens is 242 g/mol. The van der Waals surface area contributed by atoms with Crippen molar-refractivity contribution in [3.05, 3.63) is 11.7 Å². The van der Waals surface area contributed by atoms with Crippen molar-refractivity contribution in [1.82, 2.24) is 15.5 Å². The van der Waals surface area contributed by atoms with Gasteiger partial charge in [0.05, 0.1) is 19.1 Å². The van der Waals surface area contributed by atoms with Crippen molar-refractivity contribution in [3.63, 3.8) is 0 Å². The Bertz CT molecular complexity index is 421. The summed E-state index contributed by atoms with van der Waals surface area (Å²) in [6.45, 7) is 3.71. The molecule has 4 unspecified atom stereocenters. The van der Waals surface area contributed by atoms with Crippen LogP contribution in [-0.4, -0.2) is 36.4 Å². The van der Waals surface area contributed by atoms with E-state index in [1.807, 2.05) is 7.05 Å². The van der Waals surface area contributed by atoms with Crippen LogP contribution in [0.25, 0.3) is 0 Å². The molecule has 0 aromatic carbocycles. The Balaban J connectivity index is 1.72. The molecule has 0 radical (unpaired) electrons. The molecule has 1 saturated heterocycles. The van der Waals surface area contributed by atoms with Crippen LogP contribution in [0.3, 0.4) is 0 Å². The van der Waals surface area contributed by atoms with Gasteiger partial charge >= 0.3 is 0 Å². The summed E-state index contributed by atoms with van der Waals surface area (Å²) in [5, 5.41) is 7.47. The molecule has 4 atom stereocenters. The first-order valence-corrected chi connectivity index (χ1v) is 7.36. The van der Waals surface area contributed by atoms with Crippen LogP contribution >= 0.6 is 0 Å². The van der Waals surface area contributed by atoms with Gasteiger partial charge in [-0.05, 0) is 25.8 Å². The number of hydrogen-bond acceptors (Lipinski definition) is 5. The van der Waals surface area contributed by atoms with Gasteiger partial charge in [-0.25, -0.2) is 0 Å². The van der Waals surface area contributed by atoms with E-state index in [1.54, 1.807) is 0 Å². The molecule has 5 nitrogen and oxygen atoms in total. The summed E-state index contributed by atoms with van der Waals surface area (Å²) < 4.78 is 11.0. The molecule has 1 aliphatic heterocycles. The van der Waals surface area contributed by atoms with Gasteiger partial charge in [0.2, 0.25) is 5.89 Å². The van der Waals surface area contributed by atoms with E-state index in [0.717, 1.165) is 24.2 Å². The number of ether oxygens (including phenoxy) is 1. The zero-order valence-electron chi connectivity index (χ0n) is 11.8. The number of aromatic nitrogens is 2. The number of nitrogens with one attached hydrogen (secondary N) is 1. The summed E-state index contributed by atoms with van der Waals surface area (Å²) in [5.41, 5.74) is 0. The molecule has 1 N–H and O–H groups in total. The minimum absolute atomic E-state index is 0.201. The van der Waals surface area contributed by atoms with Crippen LogP contribution in [0.15, 0.2) is 4.52 Å². The van der Waals surface area contributed by atoms with Crippen molar-refractivity contribution in [2.24, 2.45) is 5.92 Å². The molecular formula is C14H23N3O2. The summed E-state index contributed by atoms with van der Waals surface area (Å²) in [5.74, 6) is 3.11. The van der Waals surface area contributed by atoms with Crippen LogP contribution in [0.4, 0.5) is 0 Å². The van der Waals surface area contributed by atoms with Crippen molar-refractivity contribution in [2.75, 3.05) is 20.3 Å². The van der Waals surface area contributed by atoms with E-state index in [4.69, 9.17) is 9.26 Å². The van der Waals surface area contributed by atoms with Gasteiger partial charge in [-0.2, -0.15) is 4.98 Å². The highest BCUT2D eigenvalue weighted by atomic mass is 16.5. The van der Waals surface area contributed by atoms with E-state index < -0.39 is 0 Å². The van der Waals surface area contributed by atoms with E-state index in [1.165, 1.54) is 25.7 Å². The van der Waals surface area contributed by atoms with E-state index >= 15 is 0 Å². The van der Waals surface area contributed by atoms with Crippen LogP contribution in [0, 0.1) is 5.92 Å². The normalized spacial score (nSPS) is 35.7. The van der Waals surface area contributed by atoms with E-state index in [9.17, 15) is 0 Å². The minimum Gasteiger partial charge on any atom is -0.379 e. The first-order chi connectivity index (χ1) is 9.28. The van der Waals surface area contributed by atoms with Gasteiger partial charge in [0.1, 0.15) is 0 Å². The lowest BCUT2D eigenvalue weighted by Gasteiger charge is -2.23. The molecule has 3 rings (SSSR count). The van der Waals surface area contributed by atoms with Gasteiger partial charge < -0.3 is 14.6 Å². The molecule has 1 aromatic heterocycles. The smallest absolute Gasteiger partial charge is 0.233 e. The molecule has 1 aliphatic carbocycles. The molecule has 0 bridgehead atoms. The van der Waals surface area contributed by atoms with Crippen LogP contribution < -0.4 is 5.32 Å². The maximum atomic E-state index is 5.50. The Kier molecular flexibility index (Phi) is 3.84. The zero-order chi connectivity index (χ0) is 13.2. The lowest BCUT2D eigenvalue weighted by Crippen LogP contribution is -2.31. The van der Waals surface area contributed by atoms with Crippen LogP contribution in [0.2, 0.25) is 0 Å². The molecule has 1 aromatic rings. The lowest BCUT2D eigenvalue weighted by atomic mass is 9.82. The first kappa shape index (κ1) is 13.1. The highest BCUT2D eigenvalue weighted by Crippen LogP contribution is 2.35. The van der Waals surface area contributed by atoms with Crippen LogP contribution in [-0.2, 0) is 4.74 Å². The monoisotopic (exact) mass is 265 g/mol. The Hall–Kier alpha value is -0.940. The predicted molar refractivity (Wildman–Crippen MR) is 71.1 cm³/mol. The van der Waals surface area contributed by atoms with Gasteiger partial charge in [-0.1, -0.05) is 24.9 Å². The fourth-order valence-corrected chi connectivity index (χ4v) is 3.31. The molecule has 2 heterocycles.